The Bertz CT molecular complexity index is 329. The zero-order valence-electron chi connectivity index (χ0n) is 9.81. The van der Waals surface area contributed by atoms with Gasteiger partial charge in [-0.25, -0.2) is 8.42 Å². The van der Waals surface area contributed by atoms with Crippen molar-refractivity contribution in [3.63, 3.8) is 0 Å². The lowest BCUT2D eigenvalue weighted by molar-refractivity contribution is 0.418. The van der Waals surface area contributed by atoms with Crippen LogP contribution in [0.25, 0.3) is 0 Å². The molecule has 0 aromatic rings. The third-order valence-corrected chi connectivity index (χ3v) is 6.57. The molecule has 2 fully saturated rings. The predicted molar refractivity (Wildman–Crippen MR) is 69.8 cm³/mol. The Labute approximate surface area is 103 Å². The summed E-state index contributed by atoms with van der Waals surface area (Å²) >= 11 is 1.94. The van der Waals surface area contributed by atoms with Crippen LogP contribution < -0.4 is 5.32 Å². The molecule has 5 heteroatoms. The molecule has 0 bridgehead atoms. The van der Waals surface area contributed by atoms with Gasteiger partial charge in [-0.1, -0.05) is 0 Å². The van der Waals surface area contributed by atoms with Gasteiger partial charge in [0.05, 0.1) is 11.5 Å². The molecule has 2 rings (SSSR count). The summed E-state index contributed by atoms with van der Waals surface area (Å²) in [6.07, 6.45) is 7.72. The molecular weight excluding hydrogens is 242 g/mol. The van der Waals surface area contributed by atoms with Gasteiger partial charge in [-0.2, -0.15) is 11.8 Å². The number of nitrogens with one attached hydrogen (secondary N) is 1. The van der Waals surface area contributed by atoms with Crippen LogP contribution in [0.15, 0.2) is 0 Å². The molecule has 3 atom stereocenters. The van der Waals surface area contributed by atoms with E-state index in [9.17, 15) is 8.42 Å². The van der Waals surface area contributed by atoms with Crippen LogP contribution in [0.2, 0.25) is 0 Å². The standard InChI is InChI=1S/C11H21NO2S2/c1-15-11-5-4-9(7-11)12-10-3-2-6-16(13,14)8-10/h9-12H,2-8H2,1H3. The van der Waals surface area contributed by atoms with Gasteiger partial charge in [0.1, 0.15) is 0 Å². The Morgan fingerprint density at radius 2 is 2.00 bits per heavy atom. The molecule has 1 N–H and O–H groups in total. The van der Waals surface area contributed by atoms with Crippen LogP contribution in [0.3, 0.4) is 0 Å². The smallest absolute Gasteiger partial charge is 0.151 e. The van der Waals surface area contributed by atoms with E-state index in [1.54, 1.807) is 0 Å². The number of rotatable bonds is 3. The van der Waals surface area contributed by atoms with Crippen molar-refractivity contribution in [2.24, 2.45) is 0 Å². The highest BCUT2D eigenvalue weighted by Gasteiger charge is 2.29. The molecule has 1 aliphatic heterocycles. The molecule has 1 heterocycles. The van der Waals surface area contributed by atoms with Crippen molar-refractivity contribution in [2.45, 2.75) is 49.4 Å². The average molecular weight is 263 g/mol. The lowest BCUT2D eigenvalue weighted by Crippen LogP contribution is -2.44. The Kier molecular flexibility index (Phi) is 4.19. The molecule has 0 aromatic carbocycles. The maximum Gasteiger partial charge on any atom is 0.151 e. The van der Waals surface area contributed by atoms with Gasteiger partial charge in [0.15, 0.2) is 9.84 Å². The summed E-state index contributed by atoms with van der Waals surface area (Å²) in [5.41, 5.74) is 0. The summed E-state index contributed by atoms with van der Waals surface area (Å²) < 4.78 is 23.0. The zero-order valence-corrected chi connectivity index (χ0v) is 11.4. The molecule has 94 valence electrons. The lowest BCUT2D eigenvalue weighted by Gasteiger charge is -2.26. The molecule has 1 saturated carbocycles. The first-order chi connectivity index (χ1) is 7.59. The van der Waals surface area contributed by atoms with Crippen molar-refractivity contribution in [2.75, 3.05) is 17.8 Å². The van der Waals surface area contributed by atoms with Crippen molar-refractivity contribution in [3.05, 3.63) is 0 Å². The van der Waals surface area contributed by atoms with Crippen molar-refractivity contribution < 1.29 is 8.42 Å². The summed E-state index contributed by atoms with van der Waals surface area (Å²) in [4.78, 5) is 0. The second-order valence-corrected chi connectivity index (χ2v) is 8.35. The number of sulfone groups is 1. The van der Waals surface area contributed by atoms with Gasteiger partial charge in [0, 0.05) is 17.3 Å². The van der Waals surface area contributed by atoms with E-state index in [4.69, 9.17) is 0 Å². The summed E-state index contributed by atoms with van der Waals surface area (Å²) in [5.74, 6) is 0.747. The summed E-state index contributed by atoms with van der Waals surface area (Å²) in [6, 6.07) is 0.764. The SMILES string of the molecule is CSC1CCC(NC2CCCS(=O)(=O)C2)C1. The monoisotopic (exact) mass is 263 g/mol. The fraction of sp³-hybridized carbons (Fsp3) is 1.00. The second kappa shape index (κ2) is 5.27. The van der Waals surface area contributed by atoms with Crippen LogP contribution in [-0.2, 0) is 9.84 Å². The molecule has 0 amide bonds. The quantitative estimate of drug-likeness (QED) is 0.837. The lowest BCUT2D eigenvalue weighted by atomic mass is 10.1. The normalized spacial score (nSPS) is 38.7. The van der Waals surface area contributed by atoms with Gasteiger partial charge in [0.25, 0.3) is 0 Å². The van der Waals surface area contributed by atoms with Crippen LogP contribution in [0.4, 0.5) is 0 Å². The van der Waals surface area contributed by atoms with Crippen LogP contribution in [0.5, 0.6) is 0 Å². The molecule has 0 spiro atoms. The van der Waals surface area contributed by atoms with Gasteiger partial charge in [-0.05, 0) is 38.4 Å². The van der Waals surface area contributed by atoms with Gasteiger partial charge in [0.2, 0.25) is 0 Å². The highest BCUT2D eigenvalue weighted by molar-refractivity contribution is 7.99. The third kappa shape index (κ3) is 3.37. The van der Waals surface area contributed by atoms with E-state index in [1.165, 1.54) is 19.3 Å². The van der Waals surface area contributed by atoms with Crippen LogP contribution >= 0.6 is 11.8 Å². The van der Waals surface area contributed by atoms with Crippen molar-refractivity contribution >= 4 is 21.6 Å². The molecule has 0 radical (unpaired) electrons. The first-order valence-corrected chi connectivity index (χ1v) is 9.19. The zero-order chi connectivity index (χ0) is 11.6. The maximum absolute atomic E-state index is 11.5. The van der Waals surface area contributed by atoms with Crippen molar-refractivity contribution in [1.29, 1.82) is 0 Å². The molecular formula is C11H21NO2S2. The minimum absolute atomic E-state index is 0.212. The summed E-state index contributed by atoms with van der Waals surface area (Å²) in [7, 11) is -2.76. The fourth-order valence-corrected chi connectivity index (χ4v) is 5.24. The predicted octanol–water partition coefficient (Wildman–Crippen LogP) is 1.44. The number of thioether (sulfide) groups is 1. The molecule has 2 aliphatic rings. The fourth-order valence-electron chi connectivity index (χ4n) is 2.79. The average Bonchev–Trinajstić information content (AvgIpc) is 2.64. The van der Waals surface area contributed by atoms with Gasteiger partial charge < -0.3 is 5.32 Å². The van der Waals surface area contributed by atoms with E-state index in [2.05, 4.69) is 11.6 Å². The summed E-state index contributed by atoms with van der Waals surface area (Å²) in [5, 5.41) is 4.32. The van der Waals surface area contributed by atoms with Crippen molar-refractivity contribution in [3.8, 4) is 0 Å². The Balaban J connectivity index is 1.82. The van der Waals surface area contributed by atoms with Gasteiger partial charge in [-0.3, -0.25) is 0 Å². The van der Waals surface area contributed by atoms with E-state index >= 15 is 0 Å². The molecule has 16 heavy (non-hydrogen) atoms. The summed E-state index contributed by atoms with van der Waals surface area (Å²) in [6.45, 7) is 0. The Morgan fingerprint density at radius 3 is 2.62 bits per heavy atom. The topological polar surface area (TPSA) is 46.2 Å². The van der Waals surface area contributed by atoms with Crippen LogP contribution in [0.1, 0.15) is 32.1 Å². The third-order valence-electron chi connectivity index (χ3n) is 3.65. The molecule has 0 aromatic heterocycles. The van der Waals surface area contributed by atoms with Gasteiger partial charge >= 0.3 is 0 Å². The van der Waals surface area contributed by atoms with Crippen LogP contribution in [0, 0.1) is 0 Å². The van der Waals surface area contributed by atoms with Crippen LogP contribution in [-0.4, -0.2) is 43.5 Å². The van der Waals surface area contributed by atoms with E-state index in [0.29, 0.717) is 17.5 Å². The minimum atomic E-state index is -2.76. The van der Waals surface area contributed by atoms with E-state index < -0.39 is 9.84 Å². The molecule has 3 unspecified atom stereocenters. The van der Waals surface area contributed by atoms with Gasteiger partial charge in [-0.15, -0.1) is 0 Å². The highest BCUT2D eigenvalue weighted by atomic mass is 32.2. The molecule has 1 aliphatic carbocycles. The maximum atomic E-state index is 11.5. The van der Waals surface area contributed by atoms with Crippen molar-refractivity contribution in [1.82, 2.24) is 5.32 Å². The minimum Gasteiger partial charge on any atom is -0.310 e. The van der Waals surface area contributed by atoms with E-state index in [0.717, 1.165) is 18.1 Å². The number of hydrogen-bond acceptors (Lipinski definition) is 4. The molecule has 3 nitrogen and oxygen atoms in total. The van der Waals surface area contributed by atoms with E-state index in [1.807, 2.05) is 11.8 Å². The molecule has 1 saturated heterocycles. The largest absolute Gasteiger partial charge is 0.310 e. The number of hydrogen-bond donors (Lipinski definition) is 1. The second-order valence-electron chi connectivity index (χ2n) is 4.99. The highest BCUT2D eigenvalue weighted by Crippen LogP contribution is 2.29. The van der Waals surface area contributed by atoms with E-state index in [-0.39, 0.29) is 6.04 Å². The Morgan fingerprint density at radius 1 is 1.19 bits per heavy atom. The Hall–Kier alpha value is 0.260. The first-order valence-electron chi connectivity index (χ1n) is 6.08. The first kappa shape index (κ1) is 12.7.